The van der Waals surface area contributed by atoms with Crippen molar-refractivity contribution in [3.05, 3.63) is 64.6 Å². The van der Waals surface area contributed by atoms with Crippen LogP contribution in [0.3, 0.4) is 0 Å². The summed E-state index contributed by atoms with van der Waals surface area (Å²) in [7, 11) is 0. The number of nitrogens with zero attached hydrogens (tertiary/aromatic N) is 2. The molecule has 2 aromatic heterocycles. The van der Waals surface area contributed by atoms with Gasteiger partial charge in [-0.15, -0.1) is 0 Å². The largest absolute Gasteiger partial charge is 0.357 e. The van der Waals surface area contributed by atoms with Crippen LogP contribution in [0.1, 0.15) is 43.3 Å². The van der Waals surface area contributed by atoms with Gasteiger partial charge in [-0.25, -0.2) is 0 Å². The van der Waals surface area contributed by atoms with E-state index in [1.165, 1.54) is 22.2 Å². The van der Waals surface area contributed by atoms with Gasteiger partial charge in [0.25, 0.3) is 0 Å². The van der Waals surface area contributed by atoms with E-state index >= 15 is 0 Å². The number of pyridine rings is 1. The van der Waals surface area contributed by atoms with E-state index in [0.29, 0.717) is 12.0 Å². The molecule has 1 aromatic carbocycles. The topological polar surface area (TPSA) is 31.9 Å². The summed E-state index contributed by atoms with van der Waals surface area (Å²) in [6, 6.07) is 12.7. The maximum absolute atomic E-state index is 6.24. The number of benzene rings is 1. The minimum absolute atomic E-state index is 0.400. The van der Waals surface area contributed by atoms with Crippen LogP contribution in [0, 0.1) is 5.92 Å². The molecule has 130 valence electrons. The maximum atomic E-state index is 6.24. The van der Waals surface area contributed by atoms with Gasteiger partial charge in [0.2, 0.25) is 0 Å². The van der Waals surface area contributed by atoms with Crippen LogP contribution in [0.2, 0.25) is 5.02 Å². The SMILES string of the molecule is CC(C)CC1c2[nH]c3ccc(Cl)cc3c2CCN1Cc1ccccn1. The normalized spacial score (nSPS) is 18.0. The zero-order valence-electron chi connectivity index (χ0n) is 14.8. The average Bonchev–Trinajstić information content (AvgIpc) is 2.96. The molecule has 0 radical (unpaired) electrons. The molecule has 0 saturated carbocycles. The van der Waals surface area contributed by atoms with Crippen molar-refractivity contribution in [2.24, 2.45) is 5.92 Å². The molecule has 3 nitrogen and oxygen atoms in total. The Balaban J connectivity index is 1.73. The first-order valence-corrected chi connectivity index (χ1v) is 9.43. The summed E-state index contributed by atoms with van der Waals surface area (Å²) in [6.45, 7) is 6.55. The van der Waals surface area contributed by atoms with Crippen molar-refractivity contribution in [3.63, 3.8) is 0 Å². The fourth-order valence-corrected chi connectivity index (χ4v) is 4.16. The molecule has 1 N–H and O–H groups in total. The zero-order valence-corrected chi connectivity index (χ0v) is 15.6. The third kappa shape index (κ3) is 3.31. The Hall–Kier alpha value is -1.84. The lowest BCUT2D eigenvalue weighted by Gasteiger charge is -2.36. The third-order valence-electron chi connectivity index (χ3n) is 5.11. The molecule has 3 aromatic rings. The number of aromatic nitrogens is 2. The Bertz CT molecular complexity index is 869. The van der Waals surface area contributed by atoms with E-state index < -0.39 is 0 Å². The van der Waals surface area contributed by atoms with Gasteiger partial charge in [0.15, 0.2) is 0 Å². The predicted molar refractivity (Wildman–Crippen MR) is 104 cm³/mol. The first-order valence-electron chi connectivity index (χ1n) is 9.06. The first kappa shape index (κ1) is 16.6. The second kappa shape index (κ2) is 6.81. The van der Waals surface area contributed by atoms with Gasteiger partial charge >= 0.3 is 0 Å². The Labute approximate surface area is 154 Å². The van der Waals surface area contributed by atoms with Crippen LogP contribution < -0.4 is 0 Å². The molecule has 1 aliphatic heterocycles. The highest BCUT2D eigenvalue weighted by atomic mass is 35.5. The number of hydrogen-bond acceptors (Lipinski definition) is 2. The summed E-state index contributed by atoms with van der Waals surface area (Å²) in [6.07, 6.45) is 4.07. The second-order valence-corrected chi connectivity index (χ2v) is 7.83. The van der Waals surface area contributed by atoms with Gasteiger partial charge in [-0.3, -0.25) is 9.88 Å². The average molecular weight is 354 g/mol. The van der Waals surface area contributed by atoms with Crippen molar-refractivity contribution in [3.8, 4) is 0 Å². The summed E-state index contributed by atoms with van der Waals surface area (Å²) in [4.78, 5) is 10.8. The lowest BCUT2D eigenvalue weighted by Crippen LogP contribution is -2.36. The minimum Gasteiger partial charge on any atom is -0.357 e. The molecule has 0 amide bonds. The van der Waals surface area contributed by atoms with Crippen molar-refractivity contribution < 1.29 is 0 Å². The van der Waals surface area contributed by atoms with E-state index in [-0.39, 0.29) is 0 Å². The van der Waals surface area contributed by atoms with Crippen molar-refractivity contribution in [1.29, 1.82) is 0 Å². The van der Waals surface area contributed by atoms with Gasteiger partial charge in [0, 0.05) is 40.9 Å². The Kier molecular flexibility index (Phi) is 4.53. The van der Waals surface area contributed by atoms with Gasteiger partial charge in [-0.2, -0.15) is 0 Å². The van der Waals surface area contributed by atoms with Crippen LogP contribution in [0.4, 0.5) is 0 Å². The summed E-state index contributed by atoms with van der Waals surface area (Å²) in [5.41, 5.74) is 5.15. The van der Waals surface area contributed by atoms with Crippen LogP contribution in [0.15, 0.2) is 42.6 Å². The second-order valence-electron chi connectivity index (χ2n) is 7.39. The van der Waals surface area contributed by atoms with E-state index in [0.717, 1.165) is 36.6 Å². The molecule has 0 fully saturated rings. The highest BCUT2D eigenvalue weighted by Crippen LogP contribution is 2.39. The van der Waals surface area contributed by atoms with Crippen LogP contribution >= 0.6 is 11.6 Å². The van der Waals surface area contributed by atoms with Crippen LogP contribution in [0.25, 0.3) is 10.9 Å². The molecule has 0 spiro atoms. The van der Waals surface area contributed by atoms with E-state index in [9.17, 15) is 0 Å². The molecule has 1 aliphatic rings. The van der Waals surface area contributed by atoms with E-state index in [1.807, 2.05) is 18.3 Å². The summed E-state index contributed by atoms with van der Waals surface area (Å²) in [5.74, 6) is 0.636. The molecule has 1 unspecified atom stereocenters. The van der Waals surface area contributed by atoms with Gasteiger partial charge in [-0.05, 0) is 54.7 Å². The molecule has 4 rings (SSSR count). The lowest BCUT2D eigenvalue weighted by molar-refractivity contribution is 0.150. The number of H-pyrrole nitrogens is 1. The van der Waals surface area contributed by atoms with Crippen molar-refractivity contribution in [2.45, 2.75) is 39.3 Å². The van der Waals surface area contributed by atoms with E-state index in [4.69, 9.17) is 11.6 Å². The lowest BCUT2D eigenvalue weighted by atomic mass is 9.91. The number of aromatic amines is 1. The summed E-state index contributed by atoms with van der Waals surface area (Å²) < 4.78 is 0. The summed E-state index contributed by atoms with van der Waals surface area (Å²) >= 11 is 6.24. The molecular weight excluding hydrogens is 330 g/mol. The van der Waals surface area contributed by atoms with Crippen LogP contribution in [0.5, 0.6) is 0 Å². The molecule has 1 atom stereocenters. The van der Waals surface area contributed by atoms with Gasteiger partial charge in [0.05, 0.1) is 11.7 Å². The first-order chi connectivity index (χ1) is 12.1. The van der Waals surface area contributed by atoms with E-state index in [2.05, 4.69) is 53.0 Å². The van der Waals surface area contributed by atoms with Gasteiger partial charge in [0.1, 0.15) is 0 Å². The van der Waals surface area contributed by atoms with Gasteiger partial charge in [-0.1, -0.05) is 31.5 Å². The fraction of sp³-hybridized carbons (Fsp3) is 0.381. The highest BCUT2D eigenvalue weighted by Gasteiger charge is 2.31. The number of halogens is 1. The number of hydrogen-bond donors (Lipinski definition) is 1. The van der Waals surface area contributed by atoms with Crippen molar-refractivity contribution in [2.75, 3.05) is 6.54 Å². The number of nitrogens with one attached hydrogen (secondary N) is 1. The summed E-state index contributed by atoms with van der Waals surface area (Å²) in [5, 5.41) is 2.10. The third-order valence-corrected chi connectivity index (χ3v) is 5.35. The highest BCUT2D eigenvalue weighted by molar-refractivity contribution is 6.31. The molecule has 3 heterocycles. The standard InChI is InChI=1S/C21H24ClN3/c1-14(2)11-20-21-17(18-12-15(22)6-7-19(18)24-21)8-10-25(20)13-16-5-3-4-9-23-16/h3-7,9,12,14,20,24H,8,10-11,13H2,1-2H3. The minimum atomic E-state index is 0.400. The van der Waals surface area contributed by atoms with Crippen molar-refractivity contribution in [1.82, 2.24) is 14.9 Å². The fourth-order valence-electron chi connectivity index (χ4n) is 3.99. The van der Waals surface area contributed by atoms with Crippen LogP contribution in [-0.4, -0.2) is 21.4 Å². The van der Waals surface area contributed by atoms with Gasteiger partial charge < -0.3 is 4.98 Å². The molecular formula is C21H24ClN3. The smallest absolute Gasteiger partial charge is 0.0544 e. The molecule has 0 aliphatic carbocycles. The molecule has 25 heavy (non-hydrogen) atoms. The number of rotatable bonds is 4. The molecule has 0 saturated heterocycles. The zero-order chi connectivity index (χ0) is 17.4. The Morgan fingerprint density at radius 3 is 2.92 bits per heavy atom. The monoisotopic (exact) mass is 353 g/mol. The predicted octanol–water partition coefficient (Wildman–Crippen LogP) is 5.36. The van der Waals surface area contributed by atoms with Crippen molar-refractivity contribution >= 4 is 22.5 Å². The maximum Gasteiger partial charge on any atom is 0.0544 e. The molecule has 0 bridgehead atoms. The van der Waals surface area contributed by atoms with E-state index in [1.54, 1.807) is 0 Å². The quantitative estimate of drug-likeness (QED) is 0.684. The van der Waals surface area contributed by atoms with Crippen LogP contribution in [-0.2, 0) is 13.0 Å². The Morgan fingerprint density at radius 1 is 1.28 bits per heavy atom. The number of fused-ring (bicyclic) bond motifs is 3. The molecule has 4 heteroatoms. The Morgan fingerprint density at radius 2 is 2.16 bits per heavy atom.